The summed E-state index contributed by atoms with van der Waals surface area (Å²) in [4.78, 5) is 11.1. The molecule has 1 saturated carbocycles. The predicted octanol–water partition coefficient (Wildman–Crippen LogP) is 2.11. The van der Waals surface area contributed by atoms with Gasteiger partial charge in [0.25, 0.3) is 0 Å². The summed E-state index contributed by atoms with van der Waals surface area (Å²) in [5.41, 5.74) is 5.68. The van der Waals surface area contributed by atoms with E-state index in [1.54, 1.807) is 18.2 Å². The Labute approximate surface area is 101 Å². The molecule has 1 aromatic rings. The van der Waals surface area contributed by atoms with Crippen molar-refractivity contribution in [3.05, 3.63) is 23.8 Å². The van der Waals surface area contributed by atoms with Crippen molar-refractivity contribution in [2.45, 2.75) is 38.9 Å². The Balaban J connectivity index is 2.25. The third-order valence-corrected chi connectivity index (χ3v) is 2.41. The lowest BCUT2D eigenvalue weighted by atomic mass is 10.2. The number of primary amides is 1. The van der Waals surface area contributed by atoms with E-state index in [9.17, 15) is 4.79 Å². The molecule has 0 aromatic heterocycles. The molecule has 17 heavy (non-hydrogen) atoms. The van der Waals surface area contributed by atoms with Crippen molar-refractivity contribution in [2.75, 3.05) is 0 Å². The number of carbonyl (C=O) groups excluding carboxylic acids is 1. The van der Waals surface area contributed by atoms with Crippen LogP contribution < -0.4 is 15.2 Å². The van der Waals surface area contributed by atoms with Gasteiger partial charge >= 0.3 is 0 Å². The number of nitrogens with two attached hydrogens (primary N) is 1. The third-order valence-electron chi connectivity index (χ3n) is 2.41. The minimum Gasteiger partial charge on any atom is -0.487 e. The van der Waals surface area contributed by atoms with Crippen LogP contribution in [-0.2, 0) is 0 Å². The molecule has 0 atom stereocenters. The zero-order valence-corrected chi connectivity index (χ0v) is 10.1. The van der Waals surface area contributed by atoms with Gasteiger partial charge in [0, 0.05) is 5.56 Å². The van der Waals surface area contributed by atoms with Crippen molar-refractivity contribution in [2.24, 2.45) is 5.73 Å². The molecule has 0 bridgehead atoms. The molecule has 0 saturated heterocycles. The summed E-state index contributed by atoms with van der Waals surface area (Å²) in [6.45, 7) is 3.86. The van der Waals surface area contributed by atoms with Crippen molar-refractivity contribution < 1.29 is 14.3 Å². The van der Waals surface area contributed by atoms with Crippen LogP contribution in [0.3, 0.4) is 0 Å². The molecular weight excluding hydrogens is 218 g/mol. The molecule has 4 heteroatoms. The molecule has 1 amide bonds. The minimum atomic E-state index is -0.462. The normalized spacial score (nSPS) is 14.8. The highest BCUT2D eigenvalue weighted by Crippen LogP contribution is 2.34. The molecular formula is C13H17NO3. The Morgan fingerprint density at radius 2 is 2.06 bits per heavy atom. The van der Waals surface area contributed by atoms with E-state index < -0.39 is 5.91 Å². The van der Waals surface area contributed by atoms with Crippen molar-refractivity contribution in [1.29, 1.82) is 0 Å². The van der Waals surface area contributed by atoms with E-state index in [1.165, 1.54) is 0 Å². The molecule has 1 aromatic carbocycles. The first-order valence-electron chi connectivity index (χ1n) is 5.83. The van der Waals surface area contributed by atoms with E-state index in [-0.39, 0.29) is 6.10 Å². The van der Waals surface area contributed by atoms with Crippen LogP contribution in [0.15, 0.2) is 18.2 Å². The van der Waals surface area contributed by atoms with Crippen LogP contribution in [0.5, 0.6) is 11.5 Å². The largest absolute Gasteiger partial charge is 0.487 e. The van der Waals surface area contributed by atoms with Gasteiger partial charge < -0.3 is 15.2 Å². The van der Waals surface area contributed by atoms with E-state index in [0.29, 0.717) is 23.2 Å². The first kappa shape index (κ1) is 11.8. The SMILES string of the molecule is CC(C)Oc1cc(C(N)=O)ccc1OC1CC1. The van der Waals surface area contributed by atoms with Gasteiger partial charge in [-0.3, -0.25) is 4.79 Å². The fraction of sp³-hybridized carbons (Fsp3) is 0.462. The van der Waals surface area contributed by atoms with Crippen molar-refractivity contribution in [3.63, 3.8) is 0 Å². The molecule has 2 N–H and O–H groups in total. The molecule has 1 aliphatic rings. The van der Waals surface area contributed by atoms with Crippen molar-refractivity contribution in [3.8, 4) is 11.5 Å². The molecule has 92 valence electrons. The average Bonchev–Trinajstić information content (AvgIpc) is 3.03. The number of amides is 1. The van der Waals surface area contributed by atoms with Crippen LogP contribution in [0.1, 0.15) is 37.0 Å². The van der Waals surface area contributed by atoms with Gasteiger partial charge in [0.05, 0.1) is 12.2 Å². The van der Waals surface area contributed by atoms with Gasteiger partial charge in [0.15, 0.2) is 11.5 Å². The van der Waals surface area contributed by atoms with Gasteiger partial charge in [-0.05, 0) is 44.9 Å². The third kappa shape index (κ3) is 3.12. The van der Waals surface area contributed by atoms with Crippen LogP contribution in [0.2, 0.25) is 0 Å². The molecule has 0 aliphatic heterocycles. The Morgan fingerprint density at radius 1 is 1.35 bits per heavy atom. The number of rotatable bonds is 5. The summed E-state index contributed by atoms with van der Waals surface area (Å²) in [5.74, 6) is 0.811. The zero-order chi connectivity index (χ0) is 12.4. The summed E-state index contributed by atoms with van der Waals surface area (Å²) >= 11 is 0. The van der Waals surface area contributed by atoms with Crippen LogP contribution >= 0.6 is 0 Å². The molecule has 1 fully saturated rings. The quantitative estimate of drug-likeness (QED) is 0.850. The number of hydrogen-bond acceptors (Lipinski definition) is 3. The smallest absolute Gasteiger partial charge is 0.248 e. The Bertz CT molecular complexity index is 425. The zero-order valence-electron chi connectivity index (χ0n) is 10.1. The Kier molecular flexibility index (Phi) is 3.22. The monoisotopic (exact) mass is 235 g/mol. The topological polar surface area (TPSA) is 61.5 Å². The molecule has 0 heterocycles. The number of benzene rings is 1. The molecule has 0 spiro atoms. The fourth-order valence-corrected chi connectivity index (χ4v) is 1.47. The van der Waals surface area contributed by atoms with Crippen molar-refractivity contribution >= 4 is 5.91 Å². The van der Waals surface area contributed by atoms with Crippen molar-refractivity contribution in [1.82, 2.24) is 0 Å². The standard InChI is InChI=1S/C13H17NO3/c1-8(2)16-12-7-9(13(14)15)3-6-11(12)17-10-4-5-10/h3,6-8,10H,4-5H2,1-2H3,(H2,14,15). The van der Waals surface area contributed by atoms with Gasteiger partial charge in [-0.2, -0.15) is 0 Å². The molecule has 1 aliphatic carbocycles. The van der Waals surface area contributed by atoms with Crippen LogP contribution in [0.4, 0.5) is 0 Å². The fourth-order valence-electron chi connectivity index (χ4n) is 1.47. The summed E-state index contributed by atoms with van der Waals surface area (Å²) in [7, 11) is 0. The van der Waals surface area contributed by atoms with Gasteiger partial charge in [-0.1, -0.05) is 0 Å². The molecule has 4 nitrogen and oxygen atoms in total. The van der Waals surface area contributed by atoms with E-state index in [1.807, 2.05) is 13.8 Å². The molecule has 2 rings (SSSR count). The van der Waals surface area contributed by atoms with Gasteiger partial charge in [-0.25, -0.2) is 0 Å². The van der Waals surface area contributed by atoms with Gasteiger partial charge in [0.1, 0.15) is 0 Å². The lowest BCUT2D eigenvalue weighted by Crippen LogP contribution is -2.13. The van der Waals surface area contributed by atoms with Crippen LogP contribution in [0, 0.1) is 0 Å². The number of ether oxygens (including phenoxy) is 2. The lowest BCUT2D eigenvalue weighted by molar-refractivity contribution is 0.0999. The lowest BCUT2D eigenvalue weighted by Gasteiger charge is -2.15. The predicted molar refractivity (Wildman–Crippen MR) is 64.4 cm³/mol. The first-order valence-corrected chi connectivity index (χ1v) is 5.83. The average molecular weight is 235 g/mol. The summed E-state index contributed by atoms with van der Waals surface area (Å²) in [5, 5.41) is 0. The Morgan fingerprint density at radius 3 is 2.59 bits per heavy atom. The maximum absolute atomic E-state index is 11.1. The van der Waals surface area contributed by atoms with Gasteiger partial charge in [0.2, 0.25) is 5.91 Å². The van der Waals surface area contributed by atoms with E-state index >= 15 is 0 Å². The molecule has 0 unspecified atom stereocenters. The second-order valence-corrected chi connectivity index (χ2v) is 4.51. The van der Waals surface area contributed by atoms with Gasteiger partial charge in [-0.15, -0.1) is 0 Å². The summed E-state index contributed by atoms with van der Waals surface area (Å²) < 4.78 is 11.3. The summed E-state index contributed by atoms with van der Waals surface area (Å²) in [6.07, 6.45) is 2.49. The van der Waals surface area contributed by atoms with Crippen LogP contribution in [-0.4, -0.2) is 18.1 Å². The highest BCUT2D eigenvalue weighted by molar-refractivity contribution is 5.93. The van der Waals surface area contributed by atoms with E-state index in [4.69, 9.17) is 15.2 Å². The second kappa shape index (κ2) is 4.65. The molecule has 0 radical (unpaired) electrons. The highest BCUT2D eigenvalue weighted by Gasteiger charge is 2.25. The van der Waals surface area contributed by atoms with E-state index in [2.05, 4.69) is 0 Å². The number of carbonyl (C=O) groups is 1. The minimum absolute atomic E-state index is 0.0275. The maximum Gasteiger partial charge on any atom is 0.248 e. The second-order valence-electron chi connectivity index (χ2n) is 4.51. The highest BCUT2D eigenvalue weighted by atomic mass is 16.5. The van der Waals surface area contributed by atoms with Crippen LogP contribution in [0.25, 0.3) is 0 Å². The number of hydrogen-bond donors (Lipinski definition) is 1. The maximum atomic E-state index is 11.1. The Hall–Kier alpha value is -1.71. The summed E-state index contributed by atoms with van der Waals surface area (Å²) in [6, 6.07) is 5.05. The first-order chi connectivity index (χ1) is 8.06. The van der Waals surface area contributed by atoms with E-state index in [0.717, 1.165) is 12.8 Å².